The summed E-state index contributed by atoms with van der Waals surface area (Å²) in [5.74, 6) is 0.896. The van der Waals surface area contributed by atoms with Gasteiger partial charge in [0.1, 0.15) is 5.82 Å². The van der Waals surface area contributed by atoms with Crippen LogP contribution in [0, 0.1) is 5.82 Å². The Morgan fingerprint density at radius 2 is 1.76 bits per heavy atom. The summed E-state index contributed by atoms with van der Waals surface area (Å²) in [7, 11) is 3.16. The fourth-order valence-corrected chi connectivity index (χ4v) is 2.57. The van der Waals surface area contributed by atoms with Crippen molar-refractivity contribution in [3.05, 3.63) is 51.2 Å². The van der Waals surface area contributed by atoms with Crippen molar-refractivity contribution in [1.82, 2.24) is 0 Å². The highest BCUT2D eigenvalue weighted by Crippen LogP contribution is 2.33. The quantitative estimate of drug-likeness (QED) is 0.810. The number of hydrogen-bond donors (Lipinski definition) is 1. The Labute approximate surface area is 136 Å². The Kier molecular flexibility index (Phi) is 5.31. The SMILES string of the molecule is COc1cc(Br)c(CNc2cc(F)cc(Cl)c2)cc1OC. The monoisotopic (exact) mass is 373 g/mol. The highest BCUT2D eigenvalue weighted by molar-refractivity contribution is 9.10. The third-order valence-electron chi connectivity index (χ3n) is 2.90. The lowest BCUT2D eigenvalue weighted by Gasteiger charge is -2.13. The highest BCUT2D eigenvalue weighted by Gasteiger charge is 2.09. The van der Waals surface area contributed by atoms with Crippen LogP contribution >= 0.6 is 27.5 Å². The van der Waals surface area contributed by atoms with Gasteiger partial charge in [-0.05, 0) is 35.9 Å². The van der Waals surface area contributed by atoms with E-state index in [0.29, 0.717) is 28.8 Å². The lowest BCUT2D eigenvalue weighted by atomic mass is 10.2. The topological polar surface area (TPSA) is 30.5 Å². The number of ether oxygens (including phenoxy) is 2. The molecule has 112 valence electrons. The largest absolute Gasteiger partial charge is 0.493 e. The van der Waals surface area contributed by atoms with E-state index >= 15 is 0 Å². The average Bonchev–Trinajstić information content (AvgIpc) is 2.44. The fourth-order valence-electron chi connectivity index (χ4n) is 1.88. The average molecular weight is 375 g/mol. The second kappa shape index (κ2) is 7.00. The van der Waals surface area contributed by atoms with Gasteiger partial charge in [0.25, 0.3) is 0 Å². The van der Waals surface area contributed by atoms with Crippen molar-refractivity contribution >= 4 is 33.2 Å². The van der Waals surface area contributed by atoms with Crippen LogP contribution in [0.25, 0.3) is 0 Å². The van der Waals surface area contributed by atoms with Crippen LogP contribution in [0.5, 0.6) is 11.5 Å². The summed E-state index contributed by atoms with van der Waals surface area (Å²) in [6, 6.07) is 8.00. The van der Waals surface area contributed by atoms with Crippen LogP contribution in [0.4, 0.5) is 10.1 Å². The van der Waals surface area contributed by atoms with Gasteiger partial charge in [0, 0.05) is 21.7 Å². The second-order valence-electron chi connectivity index (χ2n) is 4.31. The molecule has 0 aliphatic carbocycles. The van der Waals surface area contributed by atoms with E-state index in [9.17, 15) is 4.39 Å². The summed E-state index contributed by atoms with van der Waals surface area (Å²) in [5.41, 5.74) is 1.56. The van der Waals surface area contributed by atoms with Crippen molar-refractivity contribution < 1.29 is 13.9 Å². The molecule has 0 atom stereocenters. The number of hydrogen-bond acceptors (Lipinski definition) is 3. The molecule has 0 aliphatic rings. The molecule has 0 amide bonds. The van der Waals surface area contributed by atoms with Crippen molar-refractivity contribution in [1.29, 1.82) is 0 Å². The highest BCUT2D eigenvalue weighted by atomic mass is 79.9. The summed E-state index contributed by atoms with van der Waals surface area (Å²) in [6.07, 6.45) is 0. The predicted octanol–water partition coefficient (Wildman–Crippen LogP) is 4.87. The Morgan fingerprint density at radius 3 is 2.38 bits per heavy atom. The van der Waals surface area contributed by atoms with Gasteiger partial charge in [-0.1, -0.05) is 27.5 Å². The lowest BCUT2D eigenvalue weighted by molar-refractivity contribution is 0.354. The lowest BCUT2D eigenvalue weighted by Crippen LogP contribution is -2.02. The van der Waals surface area contributed by atoms with Gasteiger partial charge in [0.15, 0.2) is 11.5 Å². The molecule has 21 heavy (non-hydrogen) atoms. The molecule has 0 aromatic heterocycles. The summed E-state index contributed by atoms with van der Waals surface area (Å²) >= 11 is 9.30. The molecule has 0 fully saturated rings. The Hall–Kier alpha value is -1.46. The minimum Gasteiger partial charge on any atom is -0.493 e. The maximum atomic E-state index is 13.3. The molecule has 0 bridgehead atoms. The maximum absolute atomic E-state index is 13.3. The van der Waals surface area contributed by atoms with E-state index in [2.05, 4.69) is 21.2 Å². The number of methoxy groups -OCH3 is 2. The second-order valence-corrected chi connectivity index (χ2v) is 5.60. The fraction of sp³-hybridized carbons (Fsp3) is 0.200. The molecule has 6 heteroatoms. The maximum Gasteiger partial charge on any atom is 0.161 e. The van der Waals surface area contributed by atoms with E-state index in [1.54, 1.807) is 20.3 Å². The first kappa shape index (κ1) is 15.9. The van der Waals surface area contributed by atoms with Crippen LogP contribution < -0.4 is 14.8 Å². The zero-order chi connectivity index (χ0) is 15.4. The zero-order valence-corrected chi connectivity index (χ0v) is 13.9. The van der Waals surface area contributed by atoms with Crippen LogP contribution in [0.3, 0.4) is 0 Å². The summed E-state index contributed by atoms with van der Waals surface area (Å²) in [4.78, 5) is 0. The minimum absolute atomic E-state index is 0.351. The smallest absolute Gasteiger partial charge is 0.161 e. The first-order valence-electron chi connectivity index (χ1n) is 6.14. The summed E-state index contributed by atoms with van der Waals surface area (Å²) < 4.78 is 24.6. The molecule has 2 aromatic rings. The van der Waals surface area contributed by atoms with Crippen LogP contribution in [0.1, 0.15) is 5.56 Å². The zero-order valence-electron chi connectivity index (χ0n) is 11.5. The summed E-state index contributed by atoms with van der Waals surface area (Å²) in [6.45, 7) is 0.487. The first-order chi connectivity index (χ1) is 10.0. The first-order valence-corrected chi connectivity index (χ1v) is 7.31. The van der Waals surface area contributed by atoms with E-state index < -0.39 is 0 Å². The standard InChI is InChI=1S/C15H14BrClFNO2/c1-20-14-3-9(13(16)7-15(14)21-2)8-19-12-5-10(17)4-11(18)6-12/h3-7,19H,8H2,1-2H3. The van der Waals surface area contributed by atoms with Gasteiger partial charge >= 0.3 is 0 Å². The van der Waals surface area contributed by atoms with Crippen molar-refractivity contribution in [2.24, 2.45) is 0 Å². The van der Waals surface area contributed by atoms with Gasteiger partial charge in [-0.25, -0.2) is 4.39 Å². The molecule has 1 N–H and O–H groups in total. The third kappa shape index (κ3) is 4.02. The van der Waals surface area contributed by atoms with Crippen LogP contribution in [0.2, 0.25) is 5.02 Å². The van der Waals surface area contributed by atoms with E-state index in [4.69, 9.17) is 21.1 Å². The molecule has 2 rings (SSSR count). The predicted molar refractivity (Wildman–Crippen MR) is 86.0 cm³/mol. The number of rotatable bonds is 5. The minimum atomic E-state index is -0.378. The van der Waals surface area contributed by atoms with Crippen molar-refractivity contribution in [3.8, 4) is 11.5 Å². The molecule has 3 nitrogen and oxygen atoms in total. The van der Waals surface area contributed by atoms with E-state index in [1.807, 2.05) is 12.1 Å². The number of benzene rings is 2. The number of nitrogens with one attached hydrogen (secondary N) is 1. The van der Waals surface area contributed by atoms with Gasteiger partial charge in [0.2, 0.25) is 0 Å². The molecule has 0 spiro atoms. The van der Waals surface area contributed by atoms with Gasteiger partial charge < -0.3 is 14.8 Å². The number of halogens is 3. The van der Waals surface area contributed by atoms with Crippen molar-refractivity contribution in [3.63, 3.8) is 0 Å². The molecule has 0 saturated carbocycles. The van der Waals surface area contributed by atoms with Crippen LogP contribution in [-0.2, 0) is 6.54 Å². The van der Waals surface area contributed by atoms with Gasteiger partial charge in [0.05, 0.1) is 14.2 Å². The molecule has 2 aromatic carbocycles. The van der Waals surface area contributed by atoms with Gasteiger partial charge in [-0.15, -0.1) is 0 Å². The van der Waals surface area contributed by atoms with Crippen molar-refractivity contribution in [2.45, 2.75) is 6.54 Å². The normalized spacial score (nSPS) is 10.3. The van der Waals surface area contributed by atoms with E-state index in [1.165, 1.54) is 12.1 Å². The van der Waals surface area contributed by atoms with Gasteiger partial charge in [-0.3, -0.25) is 0 Å². The van der Waals surface area contributed by atoms with E-state index in [0.717, 1.165) is 10.0 Å². The Balaban J connectivity index is 2.19. The molecule has 0 aliphatic heterocycles. The molecule has 0 saturated heterocycles. The van der Waals surface area contributed by atoms with Crippen molar-refractivity contribution in [2.75, 3.05) is 19.5 Å². The van der Waals surface area contributed by atoms with Crippen LogP contribution in [-0.4, -0.2) is 14.2 Å². The summed E-state index contributed by atoms with van der Waals surface area (Å²) in [5, 5.41) is 3.47. The molecule has 0 unspecified atom stereocenters. The van der Waals surface area contributed by atoms with Gasteiger partial charge in [-0.2, -0.15) is 0 Å². The number of anilines is 1. The molecule has 0 heterocycles. The molecular formula is C15H14BrClFNO2. The Morgan fingerprint density at radius 1 is 1.10 bits per heavy atom. The van der Waals surface area contributed by atoms with Crippen LogP contribution in [0.15, 0.2) is 34.8 Å². The molecule has 0 radical (unpaired) electrons. The van der Waals surface area contributed by atoms with E-state index in [-0.39, 0.29) is 5.82 Å². The third-order valence-corrected chi connectivity index (χ3v) is 3.85. The Bertz CT molecular complexity index is 632. The molecular weight excluding hydrogens is 361 g/mol.